The molecule has 2 aliphatic rings. The zero-order valence-electron chi connectivity index (χ0n) is 12.3. The van der Waals surface area contributed by atoms with Crippen LogP contribution >= 0.6 is 0 Å². The lowest BCUT2D eigenvalue weighted by Crippen LogP contribution is -2.36. The molecule has 1 aromatic heterocycles. The third-order valence-corrected chi connectivity index (χ3v) is 4.78. The van der Waals surface area contributed by atoms with Crippen molar-refractivity contribution >= 4 is 5.91 Å². The van der Waals surface area contributed by atoms with Crippen molar-refractivity contribution in [3.05, 3.63) is 12.2 Å². The first-order valence-corrected chi connectivity index (χ1v) is 7.92. The van der Waals surface area contributed by atoms with E-state index in [1.54, 1.807) is 6.33 Å². The number of rotatable bonds is 2. The van der Waals surface area contributed by atoms with Crippen molar-refractivity contribution < 1.29 is 4.79 Å². The Kier molecular flexibility index (Phi) is 4.03. The van der Waals surface area contributed by atoms with E-state index in [1.807, 2.05) is 11.6 Å². The van der Waals surface area contributed by atoms with Crippen molar-refractivity contribution in [3.8, 4) is 0 Å². The predicted octanol–water partition coefficient (Wildman–Crippen LogP) is 2.45. The van der Waals surface area contributed by atoms with Gasteiger partial charge in [-0.15, -0.1) is 10.2 Å². The van der Waals surface area contributed by atoms with Gasteiger partial charge >= 0.3 is 0 Å². The maximum atomic E-state index is 12.8. The van der Waals surface area contributed by atoms with Crippen LogP contribution in [0.1, 0.15) is 63.2 Å². The van der Waals surface area contributed by atoms with E-state index in [2.05, 4.69) is 15.1 Å². The minimum absolute atomic E-state index is 0.137. The molecule has 110 valence electrons. The van der Waals surface area contributed by atoms with Crippen LogP contribution in [0.4, 0.5) is 0 Å². The fourth-order valence-electron chi connectivity index (χ4n) is 3.65. The van der Waals surface area contributed by atoms with Crippen molar-refractivity contribution in [2.24, 2.45) is 13.0 Å². The molecule has 0 radical (unpaired) electrons. The van der Waals surface area contributed by atoms with E-state index in [0.717, 1.165) is 38.1 Å². The summed E-state index contributed by atoms with van der Waals surface area (Å²) in [4.78, 5) is 14.9. The van der Waals surface area contributed by atoms with Gasteiger partial charge in [-0.05, 0) is 25.7 Å². The number of carbonyl (C=O) groups excluding carboxylic acids is 1. The highest BCUT2D eigenvalue weighted by atomic mass is 16.2. The van der Waals surface area contributed by atoms with Gasteiger partial charge in [0, 0.05) is 19.5 Å². The molecule has 1 aliphatic heterocycles. The Bertz CT molecular complexity index is 462. The number of hydrogen-bond donors (Lipinski definition) is 0. The number of aryl methyl sites for hydroxylation is 1. The average molecular weight is 276 g/mol. The third-order valence-electron chi connectivity index (χ3n) is 4.78. The lowest BCUT2D eigenvalue weighted by molar-refractivity contribution is -0.137. The highest BCUT2D eigenvalue weighted by molar-refractivity contribution is 5.79. The Morgan fingerprint density at radius 2 is 1.90 bits per heavy atom. The summed E-state index contributed by atoms with van der Waals surface area (Å²) in [5.41, 5.74) is 0. The van der Waals surface area contributed by atoms with Gasteiger partial charge in [0.25, 0.3) is 0 Å². The standard InChI is InChI=1S/C15H24N4O/c1-18-11-16-17-14(18)13-9-6-10-19(13)15(20)12-7-4-2-3-5-8-12/h11-13H,2-10H2,1H3. The molecule has 1 unspecified atom stereocenters. The molecule has 2 fully saturated rings. The molecule has 20 heavy (non-hydrogen) atoms. The first-order chi connectivity index (χ1) is 9.77. The van der Waals surface area contributed by atoms with Gasteiger partial charge in [0.1, 0.15) is 6.33 Å². The molecule has 3 rings (SSSR count). The minimum atomic E-state index is 0.137. The van der Waals surface area contributed by atoms with Crippen molar-refractivity contribution in [1.29, 1.82) is 0 Å². The third kappa shape index (κ3) is 2.58. The molecule has 0 bridgehead atoms. The van der Waals surface area contributed by atoms with Crippen LogP contribution in [0, 0.1) is 5.92 Å². The van der Waals surface area contributed by atoms with Crippen molar-refractivity contribution in [2.45, 2.75) is 57.4 Å². The summed E-state index contributed by atoms with van der Waals surface area (Å²) in [5, 5.41) is 8.18. The summed E-state index contributed by atoms with van der Waals surface area (Å²) in [7, 11) is 1.96. The molecule has 1 saturated carbocycles. The van der Waals surface area contributed by atoms with Crippen LogP contribution in [0.5, 0.6) is 0 Å². The second kappa shape index (κ2) is 5.94. The number of likely N-dealkylation sites (tertiary alicyclic amines) is 1. The maximum Gasteiger partial charge on any atom is 0.226 e. The highest BCUT2D eigenvalue weighted by Crippen LogP contribution is 2.34. The molecular formula is C15H24N4O. The molecule has 5 nitrogen and oxygen atoms in total. The van der Waals surface area contributed by atoms with Crippen LogP contribution in [0.2, 0.25) is 0 Å². The Morgan fingerprint density at radius 1 is 1.15 bits per heavy atom. The Morgan fingerprint density at radius 3 is 2.55 bits per heavy atom. The highest BCUT2D eigenvalue weighted by Gasteiger charge is 2.35. The molecule has 2 heterocycles. The number of hydrogen-bond acceptors (Lipinski definition) is 3. The molecule has 0 spiro atoms. The first kappa shape index (κ1) is 13.6. The summed E-state index contributed by atoms with van der Waals surface area (Å²) >= 11 is 0. The van der Waals surface area contributed by atoms with Gasteiger partial charge in [-0.1, -0.05) is 25.7 Å². The SMILES string of the molecule is Cn1cnnc1C1CCCN1C(=O)C1CCCCCC1. The molecule has 1 atom stereocenters. The van der Waals surface area contributed by atoms with Crippen LogP contribution in [-0.2, 0) is 11.8 Å². The molecule has 0 N–H and O–H groups in total. The van der Waals surface area contributed by atoms with E-state index in [0.29, 0.717) is 5.91 Å². The second-order valence-corrected chi connectivity index (χ2v) is 6.18. The normalized spacial score (nSPS) is 24.9. The van der Waals surface area contributed by atoms with Crippen molar-refractivity contribution in [1.82, 2.24) is 19.7 Å². The molecule has 1 saturated heterocycles. The number of aromatic nitrogens is 3. The van der Waals surface area contributed by atoms with Crippen LogP contribution in [0.15, 0.2) is 6.33 Å². The first-order valence-electron chi connectivity index (χ1n) is 7.92. The Labute approximate surface area is 120 Å². The fourth-order valence-corrected chi connectivity index (χ4v) is 3.65. The lowest BCUT2D eigenvalue weighted by Gasteiger charge is -2.27. The van der Waals surface area contributed by atoms with Crippen LogP contribution < -0.4 is 0 Å². The van der Waals surface area contributed by atoms with E-state index < -0.39 is 0 Å². The molecular weight excluding hydrogens is 252 g/mol. The van der Waals surface area contributed by atoms with Crippen LogP contribution in [-0.4, -0.2) is 32.1 Å². The van der Waals surface area contributed by atoms with E-state index in [1.165, 1.54) is 25.7 Å². The summed E-state index contributed by atoms with van der Waals surface area (Å²) < 4.78 is 1.95. The van der Waals surface area contributed by atoms with Crippen LogP contribution in [0.3, 0.4) is 0 Å². The topological polar surface area (TPSA) is 51.0 Å². The number of nitrogens with zero attached hydrogens (tertiary/aromatic N) is 4. The average Bonchev–Trinajstić information content (AvgIpc) is 2.99. The van der Waals surface area contributed by atoms with E-state index >= 15 is 0 Å². The summed E-state index contributed by atoms with van der Waals surface area (Å²) in [6.07, 6.45) is 11.0. The van der Waals surface area contributed by atoms with Gasteiger partial charge in [0.15, 0.2) is 5.82 Å². The van der Waals surface area contributed by atoms with Gasteiger partial charge in [0.05, 0.1) is 6.04 Å². The van der Waals surface area contributed by atoms with Crippen molar-refractivity contribution in [2.75, 3.05) is 6.54 Å². The minimum Gasteiger partial charge on any atom is -0.332 e. The van der Waals surface area contributed by atoms with E-state index in [9.17, 15) is 4.79 Å². The monoisotopic (exact) mass is 276 g/mol. The van der Waals surface area contributed by atoms with Gasteiger partial charge in [-0.25, -0.2) is 0 Å². The quantitative estimate of drug-likeness (QED) is 0.780. The summed E-state index contributed by atoms with van der Waals surface area (Å²) in [6.45, 7) is 0.882. The molecule has 1 aromatic rings. The Hall–Kier alpha value is -1.39. The zero-order valence-corrected chi connectivity index (χ0v) is 12.3. The lowest BCUT2D eigenvalue weighted by atomic mass is 9.98. The van der Waals surface area contributed by atoms with E-state index in [4.69, 9.17) is 0 Å². The largest absolute Gasteiger partial charge is 0.332 e. The summed E-state index contributed by atoms with van der Waals surface area (Å²) in [6, 6.07) is 0.137. The zero-order chi connectivity index (χ0) is 13.9. The maximum absolute atomic E-state index is 12.8. The van der Waals surface area contributed by atoms with Gasteiger partial charge in [-0.2, -0.15) is 0 Å². The second-order valence-electron chi connectivity index (χ2n) is 6.18. The smallest absolute Gasteiger partial charge is 0.226 e. The fraction of sp³-hybridized carbons (Fsp3) is 0.800. The Balaban J connectivity index is 1.74. The number of carbonyl (C=O) groups is 1. The molecule has 1 aliphatic carbocycles. The van der Waals surface area contributed by atoms with Gasteiger partial charge in [-0.3, -0.25) is 4.79 Å². The number of amides is 1. The molecule has 5 heteroatoms. The molecule has 0 aromatic carbocycles. The van der Waals surface area contributed by atoms with Crippen molar-refractivity contribution in [3.63, 3.8) is 0 Å². The summed E-state index contributed by atoms with van der Waals surface area (Å²) in [5.74, 6) is 1.54. The van der Waals surface area contributed by atoms with Gasteiger partial charge < -0.3 is 9.47 Å². The van der Waals surface area contributed by atoms with Crippen LogP contribution in [0.25, 0.3) is 0 Å². The van der Waals surface area contributed by atoms with E-state index in [-0.39, 0.29) is 12.0 Å². The van der Waals surface area contributed by atoms with Gasteiger partial charge in [0.2, 0.25) is 5.91 Å². The molecule has 1 amide bonds. The predicted molar refractivity (Wildman–Crippen MR) is 75.9 cm³/mol.